The maximum absolute atomic E-state index is 12.3. The van der Waals surface area contributed by atoms with Crippen LogP contribution in [-0.2, 0) is 4.55 Å². The van der Waals surface area contributed by atoms with E-state index in [0.29, 0.717) is 0 Å². The monoisotopic (exact) mass is 335 g/mol. The average molecular weight is 335 g/mol. The molecule has 1 aromatic heterocycles. The summed E-state index contributed by atoms with van der Waals surface area (Å²) in [6.07, 6.45) is 0. The number of nitrogens with zero attached hydrogens (tertiary/aromatic N) is 1. The maximum atomic E-state index is 12.3. The van der Waals surface area contributed by atoms with Crippen molar-refractivity contribution in [3.8, 4) is 0 Å². The van der Waals surface area contributed by atoms with Gasteiger partial charge in [0, 0.05) is 10.8 Å². The molecule has 0 unspecified atom stereocenters. The minimum Gasteiger partial charge on any atom is -0.330 e. The van der Waals surface area contributed by atoms with Crippen LogP contribution in [0.2, 0.25) is 0 Å². The Hall–Kier alpha value is -1.36. The van der Waals surface area contributed by atoms with Gasteiger partial charge in [0.05, 0.1) is 15.6 Å². The molecule has 0 aliphatic rings. The molecule has 0 bridgehead atoms. The Kier molecular flexibility index (Phi) is 2.63. The largest absolute Gasteiger partial charge is 0.330 e. The number of benzene rings is 2. The Bertz CT molecular complexity index is 701. The summed E-state index contributed by atoms with van der Waals surface area (Å²) in [5, 5.41) is 1.59. The number of aromatic nitrogens is 1. The van der Waals surface area contributed by atoms with E-state index < -0.39 is 0 Å². The fourth-order valence-corrected chi connectivity index (χ4v) is 2.94. The second kappa shape index (κ2) is 4.14. The van der Waals surface area contributed by atoms with Gasteiger partial charge in [-0.3, -0.25) is 4.79 Å². The van der Waals surface area contributed by atoms with Crippen molar-refractivity contribution in [1.29, 1.82) is 0 Å². The molecule has 0 fully saturated rings. The molecule has 3 aromatic rings. The van der Waals surface area contributed by atoms with Crippen LogP contribution in [0.4, 0.5) is 0 Å². The van der Waals surface area contributed by atoms with E-state index in [-0.39, 0.29) is 5.43 Å². The highest BCUT2D eigenvalue weighted by Gasteiger charge is 2.08. The number of pyridine rings is 1. The minimum atomic E-state index is 0.123. The molecular weight excluding hydrogens is 325 g/mol. The van der Waals surface area contributed by atoms with E-state index in [0.717, 1.165) is 26.4 Å². The maximum Gasteiger partial charge on any atom is 0.197 e. The van der Waals surface area contributed by atoms with Crippen LogP contribution in [0.5, 0.6) is 0 Å². The van der Waals surface area contributed by atoms with Crippen molar-refractivity contribution in [3.05, 3.63) is 58.8 Å². The van der Waals surface area contributed by atoms with Gasteiger partial charge >= 0.3 is 0 Å². The normalized spacial score (nSPS) is 11.1. The molecule has 84 valence electrons. The summed E-state index contributed by atoms with van der Waals surface area (Å²) in [7, 11) is 0. The number of fused-ring (bicyclic) bond motifs is 2. The SMILES string of the molecule is O=c1c2ccccc2n(CI)c2ccccc12. The number of rotatable bonds is 1. The number of alkyl halides is 1. The summed E-state index contributed by atoms with van der Waals surface area (Å²) < 4.78 is 3.01. The number of para-hydroxylation sites is 2. The van der Waals surface area contributed by atoms with Gasteiger partial charge in [-0.1, -0.05) is 46.9 Å². The van der Waals surface area contributed by atoms with Crippen LogP contribution >= 0.6 is 22.6 Å². The lowest BCUT2D eigenvalue weighted by Crippen LogP contribution is -2.09. The van der Waals surface area contributed by atoms with Crippen molar-refractivity contribution in [2.45, 2.75) is 4.55 Å². The fraction of sp³-hybridized carbons (Fsp3) is 0.0714. The lowest BCUT2D eigenvalue weighted by Gasteiger charge is -2.11. The van der Waals surface area contributed by atoms with Crippen LogP contribution in [-0.4, -0.2) is 4.57 Å². The molecule has 2 nitrogen and oxygen atoms in total. The predicted molar refractivity (Wildman–Crippen MR) is 79.7 cm³/mol. The minimum absolute atomic E-state index is 0.123. The Balaban J connectivity index is 2.68. The molecule has 0 aliphatic carbocycles. The molecule has 0 spiro atoms. The highest BCUT2D eigenvalue weighted by Crippen LogP contribution is 2.19. The van der Waals surface area contributed by atoms with E-state index >= 15 is 0 Å². The molecule has 0 N–H and O–H groups in total. The molecule has 1 heterocycles. The summed E-state index contributed by atoms with van der Waals surface area (Å²) in [5.74, 6) is 0. The standard InChI is InChI=1S/C14H10INO/c15-9-16-12-7-3-1-5-10(12)14(17)11-6-2-4-8-13(11)16/h1-8H,9H2. The Morgan fingerprint density at radius 1 is 0.882 bits per heavy atom. The van der Waals surface area contributed by atoms with Crippen LogP contribution in [0.3, 0.4) is 0 Å². The van der Waals surface area contributed by atoms with Crippen molar-refractivity contribution in [2.75, 3.05) is 0 Å². The summed E-state index contributed by atoms with van der Waals surface area (Å²) in [6, 6.07) is 15.6. The van der Waals surface area contributed by atoms with Gasteiger partial charge in [-0.25, -0.2) is 0 Å². The summed E-state index contributed by atoms with van der Waals surface area (Å²) in [6.45, 7) is 0. The zero-order valence-corrected chi connectivity index (χ0v) is 11.2. The van der Waals surface area contributed by atoms with E-state index in [1.165, 1.54) is 0 Å². The van der Waals surface area contributed by atoms with Crippen LogP contribution in [0.1, 0.15) is 0 Å². The zero-order valence-electron chi connectivity index (χ0n) is 9.06. The van der Waals surface area contributed by atoms with Crippen molar-refractivity contribution in [3.63, 3.8) is 0 Å². The third kappa shape index (κ3) is 1.57. The molecule has 2 aromatic carbocycles. The highest BCUT2D eigenvalue weighted by molar-refractivity contribution is 14.1. The van der Waals surface area contributed by atoms with Crippen molar-refractivity contribution < 1.29 is 0 Å². The van der Waals surface area contributed by atoms with Crippen molar-refractivity contribution >= 4 is 44.4 Å². The molecule has 17 heavy (non-hydrogen) atoms. The Labute approximate surface area is 112 Å². The van der Waals surface area contributed by atoms with E-state index in [4.69, 9.17) is 0 Å². The molecule has 0 atom stereocenters. The van der Waals surface area contributed by atoms with E-state index in [9.17, 15) is 4.79 Å². The zero-order chi connectivity index (χ0) is 11.8. The highest BCUT2D eigenvalue weighted by atomic mass is 127. The molecule has 3 rings (SSSR count). The quantitative estimate of drug-likeness (QED) is 0.379. The van der Waals surface area contributed by atoms with Crippen LogP contribution < -0.4 is 5.43 Å². The fourth-order valence-electron chi connectivity index (χ4n) is 2.21. The molecular formula is C14H10INO. The number of hydrogen-bond acceptors (Lipinski definition) is 1. The van der Waals surface area contributed by atoms with Crippen molar-refractivity contribution in [2.24, 2.45) is 0 Å². The molecule has 0 radical (unpaired) electrons. The second-order valence-corrected chi connectivity index (χ2v) is 4.59. The summed E-state index contributed by atoms with van der Waals surface area (Å²) >= 11 is 2.32. The first-order valence-electron chi connectivity index (χ1n) is 5.39. The predicted octanol–water partition coefficient (Wildman–Crippen LogP) is 3.55. The van der Waals surface area contributed by atoms with Crippen LogP contribution in [0.25, 0.3) is 21.8 Å². The second-order valence-electron chi connectivity index (χ2n) is 3.91. The van der Waals surface area contributed by atoms with Gasteiger partial charge in [0.1, 0.15) is 0 Å². The summed E-state index contributed by atoms with van der Waals surface area (Å²) in [5.41, 5.74) is 2.13. The average Bonchev–Trinajstić information content (AvgIpc) is 2.40. The molecule has 3 heteroatoms. The van der Waals surface area contributed by atoms with Gasteiger partial charge in [-0.15, -0.1) is 0 Å². The van der Waals surface area contributed by atoms with E-state index in [2.05, 4.69) is 27.2 Å². The lowest BCUT2D eigenvalue weighted by atomic mass is 10.1. The van der Waals surface area contributed by atoms with Gasteiger partial charge in [-0.05, 0) is 24.3 Å². The molecule has 0 saturated carbocycles. The number of halogens is 1. The first-order chi connectivity index (χ1) is 8.33. The van der Waals surface area contributed by atoms with Gasteiger partial charge in [0.15, 0.2) is 5.43 Å². The van der Waals surface area contributed by atoms with Crippen LogP contribution in [0.15, 0.2) is 53.3 Å². The van der Waals surface area contributed by atoms with Gasteiger partial charge in [-0.2, -0.15) is 0 Å². The van der Waals surface area contributed by atoms with Gasteiger partial charge in [0.25, 0.3) is 0 Å². The van der Waals surface area contributed by atoms with Gasteiger partial charge in [0.2, 0.25) is 0 Å². The van der Waals surface area contributed by atoms with E-state index in [1.807, 2.05) is 48.5 Å². The third-order valence-corrected chi connectivity index (χ3v) is 3.68. The molecule has 0 saturated heterocycles. The van der Waals surface area contributed by atoms with E-state index in [1.54, 1.807) is 0 Å². The topological polar surface area (TPSA) is 22.0 Å². The molecule has 0 aliphatic heterocycles. The van der Waals surface area contributed by atoms with Crippen molar-refractivity contribution in [1.82, 2.24) is 4.57 Å². The van der Waals surface area contributed by atoms with Crippen LogP contribution in [0, 0.1) is 0 Å². The lowest BCUT2D eigenvalue weighted by molar-refractivity contribution is 1.00. The first kappa shape index (κ1) is 10.8. The third-order valence-electron chi connectivity index (χ3n) is 3.00. The smallest absolute Gasteiger partial charge is 0.197 e. The first-order valence-corrected chi connectivity index (χ1v) is 6.92. The number of hydrogen-bond donors (Lipinski definition) is 0. The molecule has 0 amide bonds. The van der Waals surface area contributed by atoms with Gasteiger partial charge < -0.3 is 4.57 Å². The Morgan fingerprint density at radius 3 is 1.82 bits per heavy atom. The summed E-state index contributed by atoms with van der Waals surface area (Å²) in [4.78, 5) is 12.3. The Morgan fingerprint density at radius 2 is 1.35 bits per heavy atom.